The van der Waals surface area contributed by atoms with Gasteiger partial charge in [-0.1, -0.05) is 36.6 Å². The molecule has 2 aromatic carbocycles. The number of nitrogens with zero attached hydrogens (tertiary/aromatic N) is 1. The van der Waals surface area contributed by atoms with Crippen LogP contribution in [0.5, 0.6) is 5.75 Å². The first-order valence-electron chi connectivity index (χ1n) is 9.39. The molecule has 4 nitrogen and oxygen atoms in total. The van der Waals surface area contributed by atoms with E-state index < -0.39 is 5.63 Å². The fraction of sp³-hybridized carbons (Fsp3) is 0.318. The highest BCUT2D eigenvalue weighted by atomic mass is 35.5. The van der Waals surface area contributed by atoms with Gasteiger partial charge in [-0.3, -0.25) is 4.90 Å². The van der Waals surface area contributed by atoms with Gasteiger partial charge in [-0.2, -0.15) is 0 Å². The number of phenols is 1. The molecule has 0 amide bonds. The van der Waals surface area contributed by atoms with Gasteiger partial charge >= 0.3 is 5.63 Å². The van der Waals surface area contributed by atoms with Gasteiger partial charge in [0.2, 0.25) is 0 Å². The van der Waals surface area contributed by atoms with Gasteiger partial charge in [0.15, 0.2) is 0 Å². The monoisotopic (exact) mass is 383 g/mol. The molecule has 0 unspecified atom stereocenters. The zero-order valence-electron chi connectivity index (χ0n) is 15.1. The summed E-state index contributed by atoms with van der Waals surface area (Å²) < 4.78 is 5.69. The van der Waals surface area contributed by atoms with Crippen molar-refractivity contribution in [3.8, 4) is 16.9 Å². The molecule has 2 heterocycles. The number of fused-ring (bicyclic) bond motifs is 1. The van der Waals surface area contributed by atoms with Crippen molar-refractivity contribution in [3.05, 3.63) is 63.5 Å². The number of rotatable bonds is 3. The van der Waals surface area contributed by atoms with E-state index in [-0.39, 0.29) is 5.75 Å². The molecule has 1 aliphatic heterocycles. The second-order valence-electron chi connectivity index (χ2n) is 7.13. The van der Waals surface area contributed by atoms with Crippen LogP contribution in [-0.4, -0.2) is 23.1 Å². The molecule has 0 atom stereocenters. The summed E-state index contributed by atoms with van der Waals surface area (Å²) in [5, 5.41) is 11.8. The van der Waals surface area contributed by atoms with E-state index in [9.17, 15) is 9.90 Å². The predicted octanol–water partition coefficient (Wildman–Crippen LogP) is 5.20. The molecule has 1 aromatic heterocycles. The van der Waals surface area contributed by atoms with Gasteiger partial charge in [-0.05, 0) is 61.8 Å². The lowest BCUT2D eigenvalue weighted by molar-refractivity contribution is 0.272. The van der Waals surface area contributed by atoms with Crippen LogP contribution < -0.4 is 5.63 Å². The van der Waals surface area contributed by atoms with E-state index in [1.165, 1.54) is 12.8 Å². The molecule has 1 aliphatic rings. The van der Waals surface area contributed by atoms with Crippen LogP contribution in [0.4, 0.5) is 0 Å². The van der Waals surface area contributed by atoms with Crippen molar-refractivity contribution < 1.29 is 9.52 Å². The van der Waals surface area contributed by atoms with Crippen LogP contribution in [0.25, 0.3) is 22.1 Å². The Morgan fingerprint density at radius 3 is 2.41 bits per heavy atom. The maximum atomic E-state index is 12.6. The Balaban J connectivity index is 1.76. The topological polar surface area (TPSA) is 53.7 Å². The largest absolute Gasteiger partial charge is 0.507 e. The third-order valence-corrected chi connectivity index (χ3v) is 5.47. The Morgan fingerprint density at radius 2 is 1.70 bits per heavy atom. The molecular weight excluding hydrogens is 362 g/mol. The summed E-state index contributed by atoms with van der Waals surface area (Å²) in [4.78, 5) is 15.0. The standard InChI is InChI=1S/C22H22ClNO3/c23-17-8-5-15(6-9-17)18-13-16-7-10-20(25)19(21(16)27-22(18)26)14-24-11-3-1-2-4-12-24/h5-10,13,25H,1-4,11-12,14H2. The fourth-order valence-electron chi connectivity index (χ4n) is 3.73. The Kier molecular flexibility index (Phi) is 5.19. The number of hydrogen-bond acceptors (Lipinski definition) is 4. The van der Waals surface area contributed by atoms with Crippen LogP contribution in [0.1, 0.15) is 31.2 Å². The van der Waals surface area contributed by atoms with E-state index in [2.05, 4.69) is 4.90 Å². The van der Waals surface area contributed by atoms with Gasteiger partial charge in [-0.15, -0.1) is 0 Å². The lowest BCUT2D eigenvalue weighted by Crippen LogP contribution is -2.24. The summed E-state index contributed by atoms with van der Waals surface area (Å²) in [6.07, 6.45) is 4.82. The zero-order valence-corrected chi connectivity index (χ0v) is 15.8. The Bertz CT molecular complexity index is 1000. The zero-order chi connectivity index (χ0) is 18.8. The maximum absolute atomic E-state index is 12.6. The summed E-state index contributed by atoms with van der Waals surface area (Å²) in [7, 11) is 0. The molecule has 0 radical (unpaired) electrons. The minimum Gasteiger partial charge on any atom is -0.507 e. The lowest BCUT2D eigenvalue weighted by Gasteiger charge is -2.21. The van der Waals surface area contributed by atoms with Crippen LogP contribution in [0.3, 0.4) is 0 Å². The smallest absolute Gasteiger partial charge is 0.344 e. The molecule has 1 fully saturated rings. The molecule has 1 N–H and O–H groups in total. The quantitative estimate of drug-likeness (QED) is 0.632. The molecule has 0 bridgehead atoms. The van der Waals surface area contributed by atoms with E-state index in [1.54, 1.807) is 36.4 Å². The van der Waals surface area contributed by atoms with Gasteiger partial charge < -0.3 is 9.52 Å². The Labute approximate surface area is 163 Å². The van der Waals surface area contributed by atoms with Crippen molar-refractivity contribution in [2.24, 2.45) is 0 Å². The van der Waals surface area contributed by atoms with Crippen molar-refractivity contribution in [2.75, 3.05) is 13.1 Å². The average molecular weight is 384 g/mol. The molecule has 0 aliphatic carbocycles. The number of aromatic hydroxyl groups is 1. The first-order chi connectivity index (χ1) is 13.1. The average Bonchev–Trinajstić information content (AvgIpc) is 2.93. The van der Waals surface area contributed by atoms with Crippen molar-refractivity contribution >= 4 is 22.6 Å². The summed E-state index contributed by atoms with van der Waals surface area (Å²) in [6, 6.07) is 12.4. The molecule has 140 valence electrons. The van der Waals surface area contributed by atoms with Gasteiger partial charge in [0.25, 0.3) is 0 Å². The molecular formula is C22H22ClNO3. The third kappa shape index (κ3) is 3.87. The number of benzene rings is 2. The summed E-state index contributed by atoms with van der Waals surface area (Å²) in [5.74, 6) is 0.175. The lowest BCUT2D eigenvalue weighted by atomic mass is 10.0. The highest BCUT2D eigenvalue weighted by molar-refractivity contribution is 6.30. The van der Waals surface area contributed by atoms with Crippen LogP contribution in [0.2, 0.25) is 5.02 Å². The minimum atomic E-state index is -0.410. The highest BCUT2D eigenvalue weighted by Crippen LogP contribution is 2.31. The number of likely N-dealkylation sites (tertiary alicyclic amines) is 1. The molecule has 0 spiro atoms. The first-order valence-corrected chi connectivity index (χ1v) is 9.76. The van der Waals surface area contributed by atoms with Gasteiger partial charge in [0, 0.05) is 17.0 Å². The third-order valence-electron chi connectivity index (χ3n) is 5.22. The van der Waals surface area contributed by atoms with E-state index in [1.807, 2.05) is 6.07 Å². The summed E-state index contributed by atoms with van der Waals surface area (Å²) in [6.45, 7) is 2.60. The van der Waals surface area contributed by atoms with E-state index in [0.29, 0.717) is 28.3 Å². The first kappa shape index (κ1) is 18.1. The van der Waals surface area contributed by atoms with Crippen LogP contribution in [0.15, 0.2) is 51.7 Å². The normalized spacial score (nSPS) is 15.7. The fourth-order valence-corrected chi connectivity index (χ4v) is 3.86. The molecule has 1 saturated heterocycles. The van der Waals surface area contributed by atoms with Crippen molar-refractivity contribution in [3.63, 3.8) is 0 Å². The summed E-state index contributed by atoms with van der Waals surface area (Å²) >= 11 is 5.94. The van der Waals surface area contributed by atoms with Crippen molar-refractivity contribution in [2.45, 2.75) is 32.2 Å². The molecule has 0 saturated carbocycles. The Morgan fingerprint density at radius 1 is 1.00 bits per heavy atom. The van der Waals surface area contributed by atoms with E-state index in [4.69, 9.17) is 16.0 Å². The minimum absolute atomic E-state index is 0.175. The number of hydrogen-bond donors (Lipinski definition) is 1. The van der Waals surface area contributed by atoms with Crippen LogP contribution in [0, 0.1) is 0 Å². The number of phenolic OH excluding ortho intramolecular Hbond substituents is 1. The highest BCUT2D eigenvalue weighted by Gasteiger charge is 2.17. The van der Waals surface area contributed by atoms with Crippen molar-refractivity contribution in [1.29, 1.82) is 0 Å². The van der Waals surface area contributed by atoms with Gasteiger partial charge in [0.1, 0.15) is 11.3 Å². The van der Waals surface area contributed by atoms with Crippen LogP contribution in [-0.2, 0) is 6.54 Å². The predicted molar refractivity (Wildman–Crippen MR) is 108 cm³/mol. The van der Waals surface area contributed by atoms with Gasteiger partial charge in [-0.25, -0.2) is 4.79 Å². The van der Waals surface area contributed by atoms with Crippen LogP contribution >= 0.6 is 11.6 Å². The molecule has 5 heteroatoms. The Hall–Kier alpha value is -2.30. The second-order valence-corrected chi connectivity index (χ2v) is 7.56. The number of halogens is 1. The molecule has 4 rings (SSSR count). The second kappa shape index (κ2) is 7.75. The van der Waals surface area contributed by atoms with Gasteiger partial charge in [0.05, 0.1) is 11.1 Å². The van der Waals surface area contributed by atoms with E-state index >= 15 is 0 Å². The molecule has 3 aromatic rings. The van der Waals surface area contributed by atoms with E-state index in [0.717, 1.165) is 36.9 Å². The molecule has 27 heavy (non-hydrogen) atoms. The van der Waals surface area contributed by atoms with Crippen molar-refractivity contribution in [1.82, 2.24) is 4.90 Å². The summed E-state index contributed by atoms with van der Waals surface area (Å²) in [5.41, 5.74) is 2.01. The SMILES string of the molecule is O=c1oc2c(CN3CCCCCC3)c(O)ccc2cc1-c1ccc(Cl)cc1. The maximum Gasteiger partial charge on any atom is 0.344 e.